The van der Waals surface area contributed by atoms with E-state index in [1.807, 2.05) is 48.2 Å². The van der Waals surface area contributed by atoms with Crippen LogP contribution in [0.2, 0.25) is 5.02 Å². The van der Waals surface area contributed by atoms with E-state index in [9.17, 15) is 4.79 Å². The van der Waals surface area contributed by atoms with Crippen molar-refractivity contribution in [3.05, 3.63) is 47.0 Å². The van der Waals surface area contributed by atoms with Gasteiger partial charge in [-0.25, -0.2) is 4.98 Å². The van der Waals surface area contributed by atoms with Crippen LogP contribution in [0, 0.1) is 6.92 Å². The van der Waals surface area contributed by atoms with E-state index in [4.69, 9.17) is 21.3 Å². The van der Waals surface area contributed by atoms with Crippen molar-refractivity contribution in [1.82, 2.24) is 9.88 Å². The number of nitrogens with zero attached hydrogens (tertiary/aromatic N) is 3. The standard InChI is InChI=1S/C21H22ClN3O2S2/c1-14-17(22)7-8-18-20(14)23-21(29-18)25-11-9-24(10-12-25)19(26)13-28-16-5-3-15(27-2)4-6-16/h3-8H,9-13H2,1-2H3. The van der Waals surface area contributed by atoms with Crippen LogP contribution in [0.3, 0.4) is 0 Å². The molecule has 5 nitrogen and oxygen atoms in total. The van der Waals surface area contributed by atoms with Crippen LogP contribution in [0.15, 0.2) is 41.3 Å². The van der Waals surface area contributed by atoms with Gasteiger partial charge in [0, 0.05) is 36.1 Å². The number of rotatable bonds is 5. The lowest BCUT2D eigenvalue weighted by Crippen LogP contribution is -2.49. The summed E-state index contributed by atoms with van der Waals surface area (Å²) < 4.78 is 6.32. The molecular formula is C21H22ClN3O2S2. The Bertz CT molecular complexity index is 1010. The van der Waals surface area contributed by atoms with Crippen LogP contribution in [-0.4, -0.2) is 54.8 Å². The average Bonchev–Trinajstić information content (AvgIpc) is 3.20. The van der Waals surface area contributed by atoms with Gasteiger partial charge >= 0.3 is 0 Å². The number of fused-ring (bicyclic) bond motifs is 1. The van der Waals surface area contributed by atoms with Crippen molar-refractivity contribution in [3.8, 4) is 5.75 Å². The van der Waals surface area contributed by atoms with Crippen molar-refractivity contribution in [3.63, 3.8) is 0 Å². The SMILES string of the molecule is COc1ccc(SCC(=O)N2CCN(c3nc4c(C)c(Cl)ccc4s3)CC2)cc1. The Morgan fingerprint density at radius 1 is 1.17 bits per heavy atom. The predicted octanol–water partition coefficient (Wildman–Crippen LogP) is 4.71. The molecule has 1 aromatic heterocycles. The summed E-state index contributed by atoms with van der Waals surface area (Å²) in [5.41, 5.74) is 2.00. The third-order valence-electron chi connectivity index (χ3n) is 5.06. The van der Waals surface area contributed by atoms with Crippen LogP contribution in [0.25, 0.3) is 10.2 Å². The summed E-state index contributed by atoms with van der Waals surface area (Å²) in [6.07, 6.45) is 0. The first-order valence-electron chi connectivity index (χ1n) is 9.40. The molecule has 0 radical (unpaired) electrons. The second-order valence-corrected chi connectivity index (χ2v) is 9.31. The lowest BCUT2D eigenvalue weighted by atomic mass is 10.2. The molecule has 1 fully saturated rings. The number of amides is 1. The van der Waals surface area contributed by atoms with Crippen molar-refractivity contribution < 1.29 is 9.53 Å². The predicted molar refractivity (Wildman–Crippen MR) is 122 cm³/mol. The summed E-state index contributed by atoms with van der Waals surface area (Å²) >= 11 is 9.47. The fraction of sp³-hybridized carbons (Fsp3) is 0.333. The summed E-state index contributed by atoms with van der Waals surface area (Å²) in [6.45, 7) is 5.04. The van der Waals surface area contributed by atoms with E-state index in [0.717, 1.165) is 62.8 Å². The molecule has 0 spiro atoms. The summed E-state index contributed by atoms with van der Waals surface area (Å²) in [7, 11) is 1.65. The van der Waals surface area contributed by atoms with Gasteiger partial charge in [0.15, 0.2) is 5.13 Å². The molecule has 152 valence electrons. The molecule has 2 aromatic carbocycles. The molecule has 1 saturated heterocycles. The normalized spacial score (nSPS) is 14.4. The van der Waals surface area contributed by atoms with E-state index < -0.39 is 0 Å². The number of hydrogen-bond donors (Lipinski definition) is 0. The molecule has 29 heavy (non-hydrogen) atoms. The fourth-order valence-electron chi connectivity index (χ4n) is 3.28. The number of carbonyl (C=O) groups is 1. The zero-order chi connectivity index (χ0) is 20.4. The van der Waals surface area contributed by atoms with Crippen LogP contribution in [0.4, 0.5) is 5.13 Å². The highest BCUT2D eigenvalue weighted by Gasteiger charge is 2.23. The quantitative estimate of drug-likeness (QED) is 0.530. The van der Waals surface area contributed by atoms with Gasteiger partial charge in [0.1, 0.15) is 5.75 Å². The zero-order valence-corrected chi connectivity index (χ0v) is 18.7. The highest BCUT2D eigenvalue weighted by molar-refractivity contribution is 8.00. The zero-order valence-electron chi connectivity index (χ0n) is 16.4. The molecule has 0 N–H and O–H groups in total. The monoisotopic (exact) mass is 447 g/mol. The topological polar surface area (TPSA) is 45.7 Å². The number of thioether (sulfide) groups is 1. The van der Waals surface area contributed by atoms with E-state index in [0.29, 0.717) is 5.75 Å². The van der Waals surface area contributed by atoms with Gasteiger partial charge in [0.05, 0.1) is 23.1 Å². The van der Waals surface area contributed by atoms with E-state index >= 15 is 0 Å². The molecule has 1 aliphatic heterocycles. The van der Waals surface area contributed by atoms with E-state index in [2.05, 4.69) is 4.90 Å². The van der Waals surface area contributed by atoms with Crippen molar-refractivity contribution in [2.24, 2.45) is 0 Å². The molecular weight excluding hydrogens is 426 g/mol. The number of benzene rings is 2. The summed E-state index contributed by atoms with van der Waals surface area (Å²) in [5.74, 6) is 1.45. The maximum Gasteiger partial charge on any atom is 0.233 e. The Hall–Kier alpha value is -1.96. The first-order chi connectivity index (χ1) is 14.0. The summed E-state index contributed by atoms with van der Waals surface area (Å²) in [5, 5.41) is 1.75. The molecule has 0 saturated carbocycles. The number of methoxy groups -OCH3 is 1. The van der Waals surface area contributed by atoms with Crippen molar-refractivity contribution >= 4 is 56.0 Å². The molecule has 3 aromatic rings. The van der Waals surface area contributed by atoms with Crippen LogP contribution in [-0.2, 0) is 4.79 Å². The number of ether oxygens (including phenoxy) is 1. The van der Waals surface area contributed by atoms with Crippen molar-refractivity contribution in [2.75, 3.05) is 43.9 Å². The lowest BCUT2D eigenvalue weighted by molar-refractivity contribution is -0.128. The van der Waals surface area contributed by atoms with Gasteiger partial charge in [-0.05, 0) is 48.9 Å². The van der Waals surface area contributed by atoms with Crippen LogP contribution in [0.1, 0.15) is 5.56 Å². The molecule has 0 aliphatic carbocycles. The minimum absolute atomic E-state index is 0.178. The van der Waals surface area contributed by atoms with Gasteiger partial charge in [0.25, 0.3) is 0 Å². The van der Waals surface area contributed by atoms with Crippen LogP contribution >= 0.6 is 34.7 Å². The highest BCUT2D eigenvalue weighted by Crippen LogP contribution is 2.34. The number of carbonyl (C=O) groups excluding carboxylic acids is 1. The minimum atomic E-state index is 0.178. The number of aromatic nitrogens is 1. The molecule has 0 bridgehead atoms. The van der Waals surface area contributed by atoms with Gasteiger partial charge in [-0.3, -0.25) is 4.79 Å². The van der Waals surface area contributed by atoms with Crippen LogP contribution in [0.5, 0.6) is 5.75 Å². The smallest absolute Gasteiger partial charge is 0.233 e. The number of thiazole rings is 1. The largest absolute Gasteiger partial charge is 0.497 e. The average molecular weight is 448 g/mol. The molecule has 0 atom stereocenters. The number of hydrogen-bond acceptors (Lipinski definition) is 6. The van der Waals surface area contributed by atoms with E-state index in [1.54, 1.807) is 30.2 Å². The van der Waals surface area contributed by atoms with Crippen molar-refractivity contribution in [1.29, 1.82) is 0 Å². The Morgan fingerprint density at radius 2 is 1.90 bits per heavy atom. The van der Waals surface area contributed by atoms with E-state index in [-0.39, 0.29) is 5.91 Å². The third kappa shape index (κ3) is 4.47. The number of halogens is 1. The first-order valence-corrected chi connectivity index (χ1v) is 11.6. The van der Waals surface area contributed by atoms with Gasteiger partial charge in [0.2, 0.25) is 5.91 Å². The second kappa shape index (κ2) is 8.81. The lowest BCUT2D eigenvalue weighted by Gasteiger charge is -2.34. The van der Waals surface area contributed by atoms with E-state index in [1.165, 1.54) is 0 Å². The van der Waals surface area contributed by atoms with Crippen molar-refractivity contribution in [2.45, 2.75) is 11.8 Å². The third-order valence-corrected chi connectivity index (χ3v) is 7.55. The van der Waals surface area contributed by atoms with Gasteiger partial charge < -0.3 is 14.5 Å². The highest BCUT2D eigenvalue weighted by atomic mass is 35.5. The molecule has 1 amide bonds. The summed E-state index contributed by atoms with van der Waals surface area (Å²) in [4.78, 5) is 22.7. The van der Waals surface area contributed by atoms with Gasteiger partial charge in [-0.1, -0.05) is 22.9 Å². The summed E-state index contributed by atoms with van der Waals surface area (Å²) in [6, 6.07) is 11.8. The molecule has 2 heterocycles. The molecule has 0 unspecified atom stereocenters. The maximum absolute atomic E-state index is 12.6. The Balaban J connectivity index is 1.32. The fourth-order valence-corrected chi connectivity index (χ4v) is 5.31. The number of aryl methyl sites for hydroxylation is 1. The van der Waals surface area contributed by atoms with Crippen LogP contribution < -0.4 is 9.64 Å². The number of piperazine rings is 1. The Kier molecular flexibility index (Phi) is 6.18. The minimum Gasteiger partial charge on any atom is -0.497 e. The molecule has 4 rings (SSSR count). The molecule has 8 heteroatoms. The molecule has 1 aliphatic rings. The maximum atomic E-state index is 12.6. The van der Waals surface area contributed by atoms with Gasteiger partial charge in [-0.15, -0.1) is 11.8 Å². The van der Waals surface area contributed by atoms with Gasteiger partial charge in [-0.2, -0.15) is 0 Å². The Morgan fingerprint density at radius 3 is 2.59 bits per heavy atom. The second-order valence-electron chi connectivity index (χ2n) is 6.85. The Labute approximate surface area is 183 Å². The number of anilines is 1. The first kappa shape index (κ1) is 20.3.